The summed E-state index contributed by atoms with van der Waals surface area (Å²) in [6, 6.07) is 66.9. The second-order valence-corrected chi connectivity index (χ2v) is 14.2. The van der Waals surface area contributed by atoms with E-state index in [1.54, 1.807) is 0 Å². The summed E-state index contributed by atoms with van der Waals surface area (Å²) in [6.07, 6.45) is 0. The average Bonchev–Trinajstić information content (AvgIpc) is 3.90. The van der Waals surface area contributed by atoms with E-state index in [-0.39, 0.29) is 0 Å². The molecule has 5 heteroatoms. The molecule has 0 fully saturated rings. The zero-order valence-corrected chi connectivity index (χ0v) is 29.6. The van der Waals surface area contributed by atoms with Crippen LogP contribution in [0.3, 0.4) is 0 Å². The Labute approximate surface area is 315 Å². The van der Waals surface area contributed by atoms with Crippen molar-refractivity contribution in [1.82, 2.24) is 23.7 Å². The van der Waals surface area contributed by atoms with Gasteiger partial charge in [-0.3, -0.25) is 4.57 Å². The molecule has 0 aliphatic carbocycles. The first-order valence-corrected chi connectivity index (χ1v) is 18.7. The van der Waals surface area contributed by atoms with E-state index < -0.39 is 0 Å². The van der Waals surface area contributed by atoms with Gasteiger partial charge in [-0.2, -0.15) is 0 Å². The molecule has 5 nitrogen and oxygen atoms in total. The normalized spacial score (nSPS) is 12.0. The number of para-hydroxylation sites is 4. The van der Waals surface area contributed by atoms with Gasteiger partial charge in [-0.05, 0) is 65.4 Å². The molecule has 4 aromatic heterocycles. The van der Waals surface area contributed by atoms with Crippen molar-refractivity contribution in [3.05, 3.63) is 188 Å². The highest BCUT2D eigenvalue weighted by atomic mass is 15.1. The highest BCUT2D eigenvalue weighted by Gasteiger charge is 2.26. The summed E-state index contributed by atoms with van der Waals surface area (Å²) in [7, 11) is 0. The monoisotopic (exact) mass is 701 g/mol. The van der Waals surface area contributed by atoms with E-state index in [1.165, 1.54) is 43.4 Å². The predicted octanol–water partition coefficient (Wildman–Crippen LogP) is 12.6. The lowest BCUT2D eigenvalue weighted by Crippen LogP contribution is -2.05. The minimum Gasteiger partial charge on any atom is -0.309 e. The lowest BCUT2D eigenvalue weighted by molar-refractivity contribution is 1.05. The predicted molar refractivity (Wildman–Crippen MR) is 228 cm³/mol. The summed E-state index contributed by atoms with van der Waals surface area (Å²) >= 11 is 0. The second-order valence-electron chi connectivity index (χ2n) is 14.2. The van der Waals surface area contributed by atoms with Crippen LogP contribution in [0, 0.1) is 0 Å². The van der Waals surface area contributed by atoms with Gasteiger partial charge in [0.15, 0.2) is 11.6 Å². The molecule has 12 rings (SSSR count). The molecule has 8 aromatic carbocycles. The van der Waals surface area contributed by atoms with Crippen LogP contribution >= 0.6 is 0 Å². The highest BCUT2D eigenvalue weighted by molar-refractivity contribution is 6.29. The molecule has 0 bridgehead atoms. The fourth-order valence-electron chi connectivity index (χ4n) is 8.96. The van der Waals surface area contributed by atoms with E-state index in [2.05, 4.69) is 196 Å². The van der Waals surface area contributed by atoms with Crippen molar-refractivity contribution in [2.75, 3.05) is 0 Å². The van der Waals surface area contributed by atoms with Crippen molar-refractivity contribution in [2.45, 2.75) is 0 Å². The maximum absolute atomic E-state index is 5.60. The lowest BCUT2D eigenvalue weighted by Gasteiger charge is -2.14. The van der Waals surface area contributed by atoms with Crippen LogP contribution in [0.1, 0.15) is 0 Å². The van der Waals surface area contributed by atoms with Crippen LogP contribution < -0.4 is 0 Å². The standard InChI is InChI=1S/C50H31N5/c1-4-17-33(18-5-1)49-51-47-46-36-23-11-10-16-32(36)28-29-43(46)54(35-21-8-3-9-22-35)48(47)50(52-49)55-40-27-15-13-25-38(40)45-42(55)31-30-41-44(45)37-24-12-14-26-39(37)53(41)34-19-6-2-7-20-34/h1-31H. The number of benzene rings is 8. The van der Waals surface area contributed by atoms with Gasteiger partial charge in [0.2, 0.25) is 0 Å². The third kappa shape index (κ3) is 4.23. The smallest absolute Gasteiger partial charge is 0.166 e. The molecule has 0 amide bonds. The molecule has 4 heterocycles. The van der Waals surface area contributed by atoms with Gasteiger partial charge in [0.1, 0.15) is 11.0 Å². The zero-order chi connectivity index (χ0) is 36.0. The van der Waals surface area contributed by atoms with E-state index in [9.17, 15) is 0 Å². The van der Waals surface area contributed by atoms with Gasteiger partial charge in [-0.25, -0.2) is 9.97 Å². The molecule has 0 radical (unpaired) electrons. The van der Waals surface area contributed by atoms with Gasteiger partial charge in [0.05, 0.1) is 27.6 Å². The third-order valence-corrected chi connectivity index (χ3v) is 11.2. The summed E-state index contributed by atoms with van der Waals surface area (Å²) in [4.78, 5) is 11.1. The molecule has 12 aromatic rings. The molecule has 0 aliphatic rings. The summed E-state index contributed by atoms with van der Waals surface area (Å²) in [5.41, 5.74) is 10.7. The minimum absolute atomic E-state index is 0.691. The zero-order valence-electron chi connectivity index (χ0n) is 29.6. The summed E-state index contributed by atoms with van der Waals surface area (Å²) in [6.45, 7) is 0. The maximum atomic E-state index is 5.60. The maximum Gasteiger partial charge on any atom is 0.166 e. The average molecular weight is 702 g/mol. The van der Waals surface area contributed by atoms with Crippen molar-refractivity contribution in [3.63, 3.8) is 0 Å². The minimum atomic E-state index is 0.691. The Bertz CT molecular complexity index is 3470. The Morgan fingerprint density at radius 1 is 0.327 bits per heavy atom. The molecular weight excluding hydrogens is 671 g/mol. The van der Waals surface area contributed by atoms with Crippen LogP contribution in [-0.4, -0.2) is 23.7 Å². The van der Waals surface area contributed by atoms with Gasteiger partial charge in [0, 0.05) is 43.9 Å². The van der Waals surface area contributed by atoms with Gasteiger partial charge in [-0.15, -0.1) is 0 Å². The van der Waals surface area contributed by atoms with E-state index in [0.717, 1.165) is 55.7 Å². The Balaban J connectivity index is 1.31. The fraction of sp³-hybridized carbons (Fsp3) is 0. The molecule has 0 atom stereocenters. The van der Waals surface area contributed by atoms with E-state index in [4.69, 9.17) is 9.97 Å². The molecule has 0 N–H and O–H groups in total. The number of hydrogen-bond acceptors (Lipinski definition) is 2. The van der Waals surface area contributed by atoms with Crippen molar-refractivity contribution in [3.8, 4) is 28.6 Å². The largest absolute Gasteiger partial charge is 0.309 e. The number of hydrogen-bond donors (Lipinski definition) is 0. The first kappa shape index (κ1) is 30.0. The molecular formula is C50H31N5. The van der Waals surface area contributed by atoms with E-state index >= 15 is 0 Å². The molecule has 0 saturated carbocycles. The Morgan fingerprint density at radius 2 is 0.818 bits per heavy atom. The number of nitrogens with zero attached hydrogens (tertiary/aromatic N) is 5. The summed E-state index contributed by atoms with van der Waals surface area (Å²) < 4.78 is 7.14. The molecule has 0 aliphatic heterocycles. The summed E-state index contributed by atoms with van der Waals surface area (Å²) in [5, 5.41) is 8.30. The SMILES string of the molecule is c1ccc(-c2nc(-n3c4ccccc4c4c5c6ccccc6n(-c6ccccc6)c5ccc43)c3c(n2)c2c4ccccc4ccc2n3-c2ccccc2)cc1. The van der Waals surface area contributed by atoms with Crippen LogP contribution in [0.2, 0.25) is 0 Å². The number of aromatic nitrogens is 5. The van der Waals surface area contributed by atoms with E-state index in [0.29, 0.717) is 5.82 Å². The second kappa shape index (κ2) is 11.5. The summed E-state index contributed by atoms with van der Waals surface area (Å²) in [5.74, 6) is 1.53. The fourth-order valence-corrected chi connectivity index (χ4v) is 8.96. The molecule has 55 heavy (non-hydrogen) atoms. The van der Waals surface area contributed by atoms with Crippen LogP contribution in [0.4, 0.5) is 0 Å². The third-order valence-electron chi connectivity index (χ3n) is 11.2. The van der Waals surface area contributed by atoms with E-state index in [1.807, 2.05) is 6.07 Å². The number of fused-ring (bicyclic) bond motifs is 12. The highest BCUT2D eigenvalue weighted by Crippen LogP contribution is 2.45. The van der Waals surface area contributed by atoms with Gasteiger partial charge in [0.25, 0.3) is 0 Å². The molecule has 256 valence electrons. The topological polar surface area (TPSA) is 40.6 Å². The van der Waals surface area contributed by atoms with Crippen LogP contribution in [0.15, 0.2) is 188 Å². The van der Waals surface area contributed by atoms with Crippen LogP contribution in [0.5, 0.6) is 0 Å². The Kier molecular flexibility index (Phi) is 6.27. The lowest BCUT2D eigenvalue weighted by atomic mass is 10.1. The van der Waals surface area contributed by atoms with Crippen molar-refractivity contribution in [1.29, 1.82) is 0 Å². The quantitative estimate of drug-likeness (QED) is 0.183. The first-order chi connectivity index (χ1) is 27.3. The molecule has 0 spiro atoms. The van der Waals surface area contributed by atoms with Gasteiger partial charge in [-0.1, -0.05) is 133 Å². The van der Waals surface area contributed by atoms with Crippen molar-refractivity contribution >= 4 is 76.3 Å². The van der Waals surface area contributed by atoms with Crippen molar-refractivity contribution < 1.29 is 0 Å². The van der Waals surface area contributed by atoms with Gasteiger partial charge >= 0.3 is 0 Å². The molecule has 0 saturated heterocycles. The number of rotatable bonds is 4. The Hall–Kier alpha value is -7.50. The molecule has 0 unspecified atom stereocenters. The Morgan fingerprint density at radius 3 is 1.49 bits per heavy atom. The van der Waals surface area contributed by atoms with Crippen LogP contribution in [0.25, 0.3) is 105 Å². The van der Waals surface area contributed by atoms with Gasteiger partial charge < -0.3 is 9.13 Å². The van der Waals surface area contributed by atoms with Crippen molar-refractivity contribution in [2.24, 2.45) is 0 Å². The van der Waals surface area contributed by atoms with Crippen LogP contribution in [-0.2, 0) is 0 Å². The first-order valence-electron chi connectivity index (χ1n) is 18.7.